The van der Waals surface area contributed by atoms with Gasteiger partial charge < -0.3 is 9.30 Å². The molecule has 0 bridgehead atoms. The minimum absolute atomic E-state index is 0.0108. The maximum Gasteiger partial charge on any atom is 0.191 e. The Kier molecular flexibility index (Phi) is 5.23. The van der Waals surface area contributed by atoms with Crippen molar-refractivity contribution in [1.82, 2.24) is 14.8 Å². The van der Waals surface area contributed by atoms with Crippen molar-refractivity contribution in [3.05, 3.63) is 35.1 Å². The van der Waals surface area contributed by atoms with Gasteiger partial charge in [0.1, 0.15) is 18.1 Å². The number of benzene rings is 1. The molecule has 122 valence electrons. The molecule has 0 unspecified atom stereocenters. The fourth-order valence-corrected chi connectivity index (χ4v) is 3.72. The van der Waals surface area contributed by atoms with E-state index in [4.69, 9.17) is 16.3 Å². The topological polar surface area (TPSA) is 57.0 Å². The molecule has 3 rings (SSSR count). The van der Waals surface area contributed by atoms with Gasteiger partial charge in [-0.2, -0.15) is 0 Å². The quantitative estimate of drug-likeness (QED) is 0.822. The van der Waals surface area contributed by atoms with Crippen LogP contribution in [0.15, 0.2) is 29.4 Å². The number of carbonyl (C=O) groups is 1. The molecule has 23 heavy (non-hydrogen) atoms. The van der Waals surface area contributed by atoms with Gasteiger partial charge in [-0.1, -0.05) is 29.8 Å². The standard InChI is InChI=1S/C16H18ClN3O2S/c1-20-15(10-22-12-8-6-11(17)7-9-12)18-19-16(20)23-14-5-3-2-4-13(14)21/h6-9,14H,2-5,10H2,1H3/t14-/m1/s1. The van der Waals surface area contributed by atoms with E-state index in [9.17, 15) is 4.79 Å². The van der Waals surface area contributed by atoms with E-state index in [1.165, 1.54) is 11.8 Å². The van der Waals surface area contributed by atoms with Crippen LogP contribution < -0.4 is 4.74 Å². The lowest BCUT2D eigenvalue weighted by atomic mass is 9.99. The average Bonchev–Trinajstić information content (AvgIpc) is 2.90. The SMILES string of the molecule is Cn1c(COc2ccc(Cl)cc2)nnc1S[C@@H]1CCCCC1=O. The summed E-state index contributed by atoms with van der Waals surface area (Å²) in [5, 5.41) is 9.81. The first-order valence-electron chi connectivity index (χ1n) is 7.59. The van der Waals surface area contributed by atoms with Gasteiger partial charge in [0.25, 0.3) is 0 Å². The van der Waals surface area contributed by atoms with E-state index < -0.39 is 0 Å². The molecule has 1 aliphatic carbocycles. The zero-order valence-corrected chi connectivity index (χ0v) is 14.4. The van der Waals surface area contributed by atoms with Crippen molar-refractivity contribution in [3.8, 4) is 5.75 Å². The fraction of sp³-hybridized carbons (Fsp3) is 0.438. The number of Topliss-reactive ketones (excluding diaryl/α,β-unsaturated/α-hetero) is 1. The minimum Gasteiger partial charge on any atom is -0.486 e. The van der Waals surface area contributed by atoms with Gasteiger partial charge in [-0.25, -0.2) is 0 Å². The number of halogens is 1. The van der Waals surface area contributed by atoms with Gasteiger partial charge in [-0.05, 0) is 37.1 Å². The lowest BCUT2D eigenvalue weighted by Gasteiger charge is -2.19. The Balaban J connectivity index is 1.62. The number of nitrogens with zero attached hydrogens (tertiary/aromatic N) is 3. The molecule has 1 aliphatic rings. The molecular weight excluding hydrogens is 334 g/mol. The molecule has 0 radical (unpaired) electrons. The van der Waals surface area contributed by atoms with Gasteiger partial charge in [0.05, 0.1) is 5.25 Å². The highest BCUT2D eigenvalue weighted by Gasteiger charge is 2.25. The van der Waals surface area contributed by atoms with Crippen LogP contribution >= 0.6 is 23.4 Å². The third-order valence-corrected chi connectivity index (χ3v) is 5.45. The second-order valence-electron chi connectivity index (χ2n) is 5.52. The third kappa shape index (κ3) is 4.06. The molecular formula is C16H18ClN3O2S. The third-order valence-electron chi connectivity index (χ3n) is 3.85. The first kappa shape index (κ1) is 16.3. The van der Waals surface area contributed by atoms with Crippen LogP contribution in [0.4, 0.5) is 0 Å². The summed E-state index contributed by atoms with van der Waals surface area (Å²) in [6, 6.07) is 7.19. The number of hydrogen-bond acceptors (Lipinski definition) is 5. The van der Waals surface area contributed by atoms with Gasteiger partial charge in [0.2, 0.25) is 0 Å². The van der Waals surface area contributed by atoms with Crippen LogP contribution in [0.5, 0.6) is 5.75 Å². The summed E-state index contributed by atoms with van der Waals surface area (Å²) in [6.07, 6.45) is 3.72. The van der Waals surface area contributed by atoms with E-state index in [1.807, 2.05) is 23.7 Å². The molecule has 1 atom stereocenters. The number of hydrogen-bond donors (Lipinski definition) is 0. The van der Waals surface area contributed by atoms with Gasteiger partial charge >= 0.3 is 0 Å². The van der Waals surface area contributed by atoms with E-state index in [1.54, 1.807) is 12.1 Å². The Hall–Kier alpha value is -1.53. The molecule has 1 aromatic heterocycles. The number of aromatic nitrogens is 3. The summed E-state index contributed by atoms with van der Waals surface area (Å²) < 4.78 is 7.59. The van der Waals surface area contributed by atoms with Gasteiger partial charge in [-0.15, -0.1) is 10.2 Å². The van der Waals surface area contributed by atoms with Crippen LogP contribution in [-0.2, 0) is 18.4 Å². The predicted octanol–water partition coefficient (Wildman–Crippen LogP) is 3.65. The highest BCUT2D eigenvalue weighted by atomic mass is 35.5. The van der Waals surface area contributed by atoms with Crippen LogP contribution in [0.3, 0.4) is 0 Å². The molecule has 0 amide bonds. The van der Waals surface area contributed by atoms with E-state index in [0.717, 1.165) is 36.0 Å². The zero-order valence-electron chi connectivity index (χ0n) is 12.9. The summed E-state index contributed by atoms with van der Waals surface area (Å²) in [4.78, 5) is 11.9. The number of rotatable bonds is 5. The minimum atomic E-state index is 0.0108. The summed E-state index contributed by atoms with van der Waals surface area (Å²) in [5.41, 5.74) is 0. The van der Waals surface area contributed by atoms with Gasteiger partial charge in [-0.3, -0.25) is 4.79 Å². The largest absolute Gasteiger partial charge is 0.486 e. The first-order valence-corrected chi connectivity index (χ1v) is 8.85. The Morgan fingerprint density at radius 1 is 1.30 bits per heavy atom. The summed E-state index contributed by atoms with van der Waals surface area (Å²) >= 11 is 7.36. The van der Waals surface area contributed by atoms with Crippen molar-refractivity contribution >= 4 is 29.1 Å². The summed E-state index contributed by atoms with van der Waals surface area (Å²) in [6.45, 7) is 0.324. The second-order valence-corrected chi connectivity index (χ2v) is 7.13. The van der Waals surface area contributed by atoms with E-state index in [0.29, 0.717) is 23.8 Å². The van der Waals surface area contributed by atoms with Crippen LogP contribution in [0, 0.1) is 0 Å². The molecule has 1 fully saturated rings. The predicted molar refractivity (Wildman–Crippen MR) is 89.9 cm³/mol. The summed E-state index contributed by atoms with van der Waals surface area (Å²) in [7, 11) is 1.90. The molecule has 0 spiro atoms. The fourth-order valence-electron chi connectivity index (χ4n) is 2.45. The smallest absolute Gasteiger partial charge is 0.191 e. The first-order chi connectivity index (χ1) is 11.1. The van der Waals surface area contributed by atoms with Gasteiger partial charge in [0.15, 0.2) is 11.0 Å². The van der Waals surface area contributed by atoms with Gasteiger partial charge in [0, 0.05) is 18.5 Å². The molecule has 7 heteroatoms. The maximum absolute atomic E-state index is 11.9. The molecule has 1 saturated carbocycles. The Labute approximate surface area is 144 Å². The Morgan fingerprint density at radius 2 is 2.09 bits per heavy atom. The van der Waals surface area contributed by atoms with Crippen LogP contribution in [0.25, 0.3) is 0 Å². The van der Waals surface area contributed by atoms with Crippen LogP contribution in [0.1, 0.15) is 31.5 Å². The number of carbonyl (C=O) groups excluding carboxylic acids is 1. The second kappa shape index (κ2) is 7.36. The lowest BCUT2D eigenvalue weighted by molar-refractivity contribution is -0.119. The van der Waals surface area contributed by atoms with E-state index in [-0.39, 0.29) is 5.25 Å². The molecule has 5 nitrogen and oxygen atoms in total. The molecule has 2 aromatic rings. The van der Waals surface area contributed by atoms with Crippen LogP contribution in [0.2, 0.25) is 5.02 Å². The zero-order chi connectivity index (χ0) is 16.2. The van der Waals surface area contributed by atoms with Crippen molar-refractivity contribution in [2.45, 2.75) is 42.7 Å². The average molecular weight is 352 g/mol. The Morgan fingerprint density at radius 3 is 2.83 bits per heavy atom. The van der Waals surface area contributed by atoms with E-state index >= 15 is 0 Å². The van der Waals surface area contributed by atoms with Crippen molar-refractivity contribution in [3.63, 3.8) is 0 Å². The number of ether oxygens (including phenoxy) is 1. The van der Waals surface area contributed by atoms with Crippen molar-refractivity contribution in [2.24, 2.45) is 7.05 Å². The van der Waals surface area contributed by atoms with Crippen LogP contribution in [-0.4, -0.2) is 25.8 Å². The molecule has 0 aliphatic heterocycles. The Bertz CT molecular complexity index is 687. The molecule has 1 heterocycles. The lowest BCUT2D eigenvalue weighted by Crippen LogP contribution is -2.21. The highest BCUT2D eigenvalue weighted by molar-refractivity contribution is 8.00. The highest BCUT2D eigenvalue weighted by Crippen LogP contribution is 2.30. The van der Waals surface area contributed by atoms with Crippen molar-refractivity contribution < 1.29 is 9.53 Å². The number of ketones is 1. The van der Waals surface area contributed by atoms with E-state index in [2.05, 4.69) is 10.2 Å². The molecule has 1 aromatic carbocycles. The van der Waals surface area contributed by atoms with Crippen molar-refractivity contribution in [2.75, 3.05) is 0 Å². The number of thioether (sulfide) groups is 1. The molecule has 0 N–H and O–H groups in total. The summed E-state index contributed by atoms with van der Waals surface area (Å²) in [5.74, 6) is 1.78. The molecule has 0 saturated heterocycles. The van der Waals surface area contributed by atoms with Crippen molar-refractivity contribution in [1.29, 1.82) is 0 Å². The normalized spacial score (nSPS) is 18.2. The monoisotopic (exact) mass is 351 g/mol. The maximum atomic E-state index is 11.9.